The van der Waals surface area contributed by atoms with Gasteiger partial charge in [0, 0.05) is 28.6 Å². The molecule has 0 spiro atoms. The first kappa shape index (κ1) is 20.9. The Morgan fingerprint density at radius 1 is 1.27 bits per heavy atom. The fourth-order valence-corrected chi connectivity index (χ4v) is 5.09. The van der Waals surface area contributed by atoms with Crippen LogP contribution in [0.15, 0.2) is 30.6 Å². The summed E-state index contributed by atoms with van der Waals surface area (Å²) in [5, 5.41) is 14.0. The number of aliphatic hydroxyl groups excluding tert-OH is 1. The number of alkyl halides is 3. The lowest BCUT2D eigenvalue weighted by molar-refractivity contribution is -0.137. The van der Waals surface area contributed by atoms with Crippen molar-refractivity contribution in [2.24, 2.45) is 0 Å². The topological polar surface area (TPSA) is 90.9 Å². The van der Waals surface area contributed by atoms with Crippen LogP contribution in [0.4, 0.5) is 19.1 Å². The second-order valence-corrected chi connectivity index (χ2v) is 11.1. The molecule has 0 bridgehead atoms. The first-order valence-corrected chi connectivity index (χ1v) is 12.2. The van der Waals surface area contributed by atoms with E-state index in [0.29, 0.717) is 29.0 Å². The minimum absolute atomic E-state index is 0.0334. The Morgan fingerprint density at radius 3 is 2.67 bits per heavy atom. The van der Waals surface area contributed by atoms with Crippen molar-refractivity contribution in [2.45, 2.75) is 37.6 Å². The number of fused-ring (bicyclic) bond motifs is 1. The molecule has 1 aromatic carbocycles. The highest BCUT2D eigenvalue weighted by Gasteiger charge is 2.36. The van der Waals surface area contributed by atoms with E-state index < -0.39 is 25.0 Å². The highest BCUT2D eigenvalue weighted by atomic mass is 31.2. The molecule has 30 heavy (non-hydrogen) atoms. The molecule has 6 nitrogen and oxygen atoms in total. The molecule has 1 fully saturated rings. The molecule has 160 valence electrons. The average molecular weight is 438 g/mol. The van der Waals surface area contributed by atoms with Crippen LogP contribution in [0.25, 0.3) is 22.2 Å². The fourth-order valence-electron chi connectivity index (χ4n) is 3.92. The number of hydrogen-bond donors (Lipinski definition) is 3. The van der Waals surface area contributed by atoms with Crippen LogP contribution >= 0.6 is 7.14 Å². The fraction of sp³-hybridized carbons (Fsp3) is 0.400. The van der Waals surface area contributed by atoms with Crippen LogP contribution in [0.3, 0.4) is 0 Å². The number of aromatic amines is 1. The Labute approximate surface area is 171 Å². The molecule has 1 saturated carbocycles. The molecule has 0 amide bonds. The Balaban J connectivity index is 1.86. The lowest BCUT2D eigenvalue weighted by Crippen LogP contribution is -2.29. The number of nitrogens with zero attached hydrogens (tertiary/aromatic N) is 2. The Hall–Kier alpha value is -2.38. The summed E-state index contributed by atoms with van der Waals surface area (Å²) >= 11 is 0. The van der Waals surface area contributed by atoms with Crippen LogP contribution in [0.2, 0.25) is 0 Å². The van der Waals surface area contributed by atoms with Gasteiger partial charge in [-0.05, 0) is 38.7 Å². The van der Waals surface area contributed by atoms with E-state index in [1.807, 2.05) is 0 Å². The van der Waals surface area contributed by atoms with E-state index in [4.69, 9.17) is 0 Å². The number of aromatic nitrogens is 3. The second kappa shape index (κ2) is 7.39. The minimum Gasteiger partial charge on any atom is -0.391 e. The lowest BCUT2D eigenvalue weighted by atomic mass is 10.1. The zero-order valence-electron chi connectivity index (χ0n) is 16.5. The van der Waals surface area contributed by atoms with Crippen molar-refractivity contribution >= 4 is 29.3 Å². The molecular formula is C20H22F3N4O2P. The van der Waals surface area contributed by atoms with Crippen molar-refractivity contribution in [1.29, 1.82) is 0 Å². The summed E-state index contributed by atoms with van der Waals surface area (Å²) in [6.45, 7) is 3.23. The number of anilines is 1. The molecule has 2 heterocycles. The predicted octanol–water partition coefficient (Wildman–Crippen LogP) is 4.22. The highest BCUT2D eigenvalue weighted by Crippen LogP contribution is 2.42. The maximum absolute atomic E-state index is 13.7. The maximum atomic E-state index is 13.7. The molecule has 0 aliphatic heterocycles. The van der Waals surface area contributed by atoms with Gasteiger partial charge in [-0.25, -0.2) is 9.97 Å². The van der Waals surface area contributed by atoms with Crippen molar-refractivity contribution in [3.8, 4) is 11.3 Å². The standard InChI is InChI=1S/C20H22F3N4O2P/c1-30(2,29)16-8-3-5-11-12(9-24-18(11)16)17-13(20(21,22)23)10-25-19(27-17)26-14-6-4-7-15(14)28/h3,5,8-10,14-15,24,28H,4,6-7H2,1-2H3,(H,25,26,27)/t14-,15-/m0/s1. The van der Waals surface area contributed by atoms with Crippen molar-refractivity contribution in [3.05, 3.63) is 36.2 Å². The number of halogens is 3. The van der Waals surface area contributed by atoms with E-state index >= 15 is 0 Å². The van der Waals surface area contributed by atoms with Gasteiger partial charge in [-0.15, -0.1) is 0 Å². The molecule has 10 heteroatoms. The van der Waals surface area contributed by atoms with Gasteiger partial charge < -0.3 is 20.0 Å². The molecule has 1 aliphatic carbocycles. The van der Waals surface area contributed by atoms with Crippen molar-refractivity contribution < 1.29 is 22.8 Å². The third-order valence-electron chi connectivity index (χ3n) is 5.42. The zero-order chi connectivity index (χ0) is 21.7. The SMILES string of the molecule is CP(C)(=O)c1cccc2c(-c3nc(N[C@H]4CCC[C@@H]4O)ncc3C(F)(F)F)c[nH]c12. The van der Waals surface area contributed by atoms with E-state index in [1.54, 1.807) is 31.5 Å². The highest BCUT2D eigenvalue weighted by molar-refractivity contribution is 7.70. The first-order chi connectivity index (χ1) is 14.1. The average Bonchev–Trinajstić information content (AvgIpc) is 3.26. The molecule has 3 aromatic rings. The number of aliphatic hydroxyl groups is 1. The second-order valence-electron chi connectivity index (χ2n) is 7.96. The Morgan fingerprint density at radius 2 is 2.03 bits per heavy atom. The number of H-pyrrole nitrogens is 1. The van der Waals surface area contributed by atoms with E-state index in [9.17, 15) is 22.8 Å². The summed E-state index contributed by atoms with van der Waals surface area (Å²) in [5.74, 6) is 0.0334. The molecule has 3 N–H and O–H groups in total. The number of benzene rings is 1. The zero-order valence-corrected chi connectivity index (χ0v) is 17.4. The van der Waals surface area contributed by atoms with E-state index in [0.717, 1.165) is 12.6 Å². The van der Waals surface area contributed by atoms with Crippen LogP contribution in [-0.4, -0.2) is 45.5 Å². The summed E-state index contributed by atoms with van der Waals surface area (Å²) in [6, 6.07) is 4.77. The Bertz CT molecular complexity index is 1140. The van der Waals surface area contributed by atoms with Crippen molar-refractivity contribution in [3.63, 3.8) is 0 Å². The van der Waals surface area contributed by atoms with E-state index in [-0.39, 0.29) is 23.2 Å². The van der Waals surface area contributed by atoms with Gasteiger partial charge in [0.2, 0.25) is 5.95 Å². The van der Waals surface area contributed by atoms with Crippen molar-refractivity contribution in [2.75, 3.05) is 18.6 Å². The van der Waals surface area contributed by atoms with Gasteiger partial charge in [0.05, 0.1) is 23.4 Å². The Kier molecular flexibility index (Phi) is 5.14. The number of para-hydroxylation sites is 1. The quantitative estimate of drug-likeness (QED) is 0.531. The maximum Gasteiger partial charge on any atom is 0.419 e. The minimum atomic E-state index is -4.65. The molecule has 2 atom stereocenters. The van der Waals surface area contributed by atoms with Gasteiger partial charge in [0.1, 0.15) is 12.7 Å². The van der Waals surface area contributed by atoms with Gasteiger partial charge in [0.25, 0.3) is 0 Å². The number of hydrogen-bond acceptors (Lipinski definition) is 5. The normalized spacial score (nSPS) is 20.1. The molecule has 0 unspecified atom stereocenters. The van der Waals surface area contributed by atoms with Gasteiger partial charge >= 0.3 is 6.18 Å². The summed E-state index contributed by atoms with van der Waals surface area (Å²) < 4.78 is 53.8. The largest absolute Gasteiger partial charge is 0.419 e. The molecule has 2 aromatic heterocycles. The summed E-state index contributed by atoms with van der Waals surface area (Å²) in [4.78, 5) is 11.0. The summed E-state index contributed by atoms with van der Waals surface area (Å²) in [5.41, 5.74) is -0.432. The summed E-state index contributed by atoms with van der Waals surface area (Å²) in [6.07, 6.45) is -0.865. The van der Waals surface area contributed by atoms with Crippen LogP contribution in [-0.2, 0) is 10.7 Å². The smallest absolute Gasteiger partial charge is 0.391 e. The third kappa shape index (κ3) is 3.84. The van der Waals surface area contributed by atoms with E-state index in [1.165, 1.54) is 6.20 Å². The molecule has 0 radical (unpaired) electrons. The monoisotopic (exact) mass is 438 g/mol. The van der Waals surface area contributed by atoms with Crippen LogP contribution in [0.5, 0.6) is 0 Å². The number of nitrogens with one attached hydrogen (secondary N) is 2. The van der Waals surface area contributed by atoms with Crippen molar-refractivity contribution in [1.82, 2.24) is 15.0 Å². The third-order valence-corrected chi connectivity index (χ3v) is 6.95. The predicted molar refractivity (Wildman–Crippen MR) is 111 cm³/mol. The van der Waals surface area contributed by atoms with Crippen LogP contribution in [0.1, 0.15) is 24.8 Å². The van der Waals surface area contributed by atoms with E-state index in [2.05, 4.69) is 20.3 Å². The number of rotatable bonds is 4. The van der Waals surface area contributed by atoms with Gasteiger partial charge in [-0.1, -0.05) is 12.1 Å². The van der Waals surface area contributed by atoms with Gasteiger partial charge in [0.15, 0.2) is 0 Å². The molecular weight excluding hydrogens is 416 g/mol. The van der Waals surface area contributed by atoms with Gasteiger partial charge in [-0.3, -0.25) is 0 Å². The lowest BCUT2D eigenvalue weighted by Gasteiger charge is -2.18. The first-order valence-electron chi connectivity index (χ1n) is 9.60. The molecule has 0 saturated heterocycles. The van der Waals surface area contributed by atoms with Gasteiger partial charge in [-0.2, -0.15) is 13.2 Å². The summed E-state index contributed by atoms with van der Waals surface area (Å²) in [7, 11) is -2.65. The van der Waals surface area contributed by atoms with Crippen LogP contribution < -0.4 is 10.6 Å². The molecule has 1 aliphatic rings. The molecule has 4 rings (SSSR count). The van der Waals surface area contributed by atoms with Crippen LogP contribution in [0, 0.1) is 0 Å².